The first-order valence-corrected chi connectivity index (χ1v) is 10.6. The lowest BCUT2D eigenvalue weighted by molar-refractivity contribution is 0.594. The predicted octanol–water partition coefficient (Wildman–Crippen LogP) is 3.85. The number of nitrogens with zero attached hydrogens (tertiary/aromatic N) is 3. The summed E-state index contributed by atoms with van der Waals surface area (Å²) in [5.41, 5.74) is 0.881. The molecule has 9 heteroatoms. The maximum absolute atomic E-state index is 13.1. The highest BCUT2D eigenvalue weighted by molar-refractivity contribution is 14.1. The van der Waals surface area contributed by atoms with E-state index in [4.69, 9.17) is 11.6 Å². The van der Waals surface area contributed by atoms with Crippen LogP contribution < -0.4 is 0 Å². The standard InChI is InChI=1S/C14H11ClIN3O2S2/c1-8-7-11(15)19-13(17-8)12(14(18-19)22-2)23(20,21)10-5-3-9(16)4-6-10/h3-7H,1-2H3. The second-order valence-corrected chi connectivity index (χ2v) is 9.07. The van der Waals surface area contributed by atoms with E-state index in [0.717, 1.165) is 3.57 Å². The van der Waals surface area contributed by atoms with Crippen molar-refractivity contribution in [1.82, 2.24) is 14.6 Å². The number of rotatable bonds is 3. The normalized spacial score (nSPS) is 12.0. The molecule has 1 aromatic carbocycles. The third-order valence-electron chi connectivity index (χ3n) is 3.19. The first-order valence-electron chi connectivity index (χ1n) is 6.45. The molecule has 0 saturated carbocycles. The third kappa shape index (κ3) is 2.97. The fourth-order valence-electron chi connectivity index (χ4n) is 2.16. The van der Waals surface area contributed by atoms with Gasteiger partial charge in [-0.2, -0.15) is 5.10 Å². The fourth-order valence-corrected chi connectivity index (χ4v) is 5.18. The summed E-state index contributed by atoms with van der Waals surface area (Å²) in [7, 11) is -3.74. The summed E-state index contributed by atoms with van der Waals surface area (Å²) < 4.78 is 28.5. The van der Waals surface area contributed by atoms with Crippen LogP contribution in [0.5, 0.6) is 0 Å². The van der Waals surface area contributed by atoms with E-state index in [2.05, 4.69) is 32.7 Å². The van der Waals surface area contributed by atoms with E-state index in [1.807, 2.05) is 0 Å². The van der Waals surface area contributed by atoms with Gasteiger partial charge in [0.05, 0.1) is 4.90 Å². The van der Waals surface area contributed by atoms with Crippen molar-refractivity contribution in [1.29, 1.82) is 0 Å². The lowest BCUT2D eigenvalue weighted by Gasteiger charge is -2.05. The van der Waals surface area contributed by atoms with E-state index in [9.17, 15) is 8.42 Å². The van der Waals surface area contributed by atoms with Gasteiger partial charge >= 0.3 is 0 Å². The number of benzene rings is 1. The Kier molecular flexibility index (Phi) is 4.60. The summed E-state index contributed by atoms with van der Waals surface area (Å²) in [4.78, 5) is 4.64. The number of sulfone groups is 1. The molecule has 0 unspecified atom stereocenters. The van der Waals surface area contributed by atoms with Crippen molar-refractivity contribution >= 4 is 61.4 Å². The Morgan fingerprint density at radius 2 is 1.91 bits per heavy atom. The highest BCUT2D eigenvalue weighted by Gasteiger charge is 2.29. The van der Waals surface area contributed by atoms with Crippen LogP contribution in [0.25, 0.3) is 5.65 Å². The topological polar surface area (TPSA) is 64.3 Å². The molecule has 0 amide bonds. The maximum Gasteiger partial charge on any atom is 0.213 e. The van der Waals surface area contributed by atoms with Crippen LogP contribution in [0.1, 0.15) is 5.69 Å². The fraction of sp³-hybridized carbons (Fsp3) is 0.143. The molecule has 3 rings (SSSR count). The minimum Gasteiger partial charge on any atom is -0.233 e. The van der Waals surface area contributed by atoms with Crippen molar-refractivity contribution in [2.24, 2.45) is 0 Å². The summed E-state index contributed by atoms with van der Waals surface area (Å²) in [6.07, 6.45) is 1.77. The highest BCUT2D eigenvalue weighted by atomic mass is 127. The van der Waals surface area contributed by atoms with Gasteiger partial charge < -0.3 is 0 Å². The van der Waals surface area contributed by atoms with Crippen LogP contribution in [-0.4, -0.2) is 29.3 Å². The van der Waals surface area contributed by atoms with Crippen molar-refractivity contribution < 1.29 is 8.42 Å². The Morgan fingerprint density at radius 1 is 1.26 bits per heavy atom. The molecule has 0 aliphatic carbocycles. The van der Waals surface area contributed by atoms with E-state index < -0.39 is 9.84 Å². The Hall–Kier alpha value is -0.840. The number of hydrogen-bond donors (Lipinski definition) is 0. The molecule has 0 N–H and O–H groups in total. The zero-order valence-electron chi connectivity index (χ0n) is 12.1. The van der Waals surface area contributed by atoms with Gasteiger partial charge in [0, 0.05) is 9.26 Å². The van der Waals surface area contributed by atoms with E-state index in [-0.39, 0.29) is 15.4 Å². The number of thioether (sulfide) groups is 1. The molecule has 0 bridgehead atoms. The van der Waals surface area contributed by atoms with Gasteiger partial charge in [-0.05, 0) is 66.1 Å². The van der Waals surface area contributed by atoms with E-state index in [0.29, 0.717) is 15.9 Å². The van der Waals surface area contributed by atoms with Gasteiger partial charge in [0.1, 0.15) is 10.2 Å². The minimum atomic E-state index is -3.74. The van der Waals surface area contributed by atoms with Crippen molar-refractivity contribution in [2.75, 3.05) is 6.26 Å². The van der Waals surface area contributed by atoms with Crippen molar-refractivity contribution in [3.05, 3.63) is 44.7 Å². The number of halogens is 2. The molecule has 0 aliphatic heterocycles. The Balaban J connectivity index is 2.36. The van der Waals surface area contributed by atoms with Crippen LogP contribution in [0.3, 0.4) is 0 Å². The summed E-state index contributed by atoms with van der Waals surface area (Å²) in [5, 5.41) is 4.99. The van der Waals surface area contributed by atoms with Crippen LogP contribution in [0.15, 0.2) is 45.1 Å². The van der Waals surface area contributed by atoms with Crippen molar-refractivity contribution in [3.8, 4) is 0 Å². The molecule has 23 heavy (non-hydrogen) atoms. The van der Waals surface area contributed by atoms with E-state index in [1.54, 1.807) is 43.5 Å². The lowest BCUT2D eigenvalue weighted by Crippen LogP contribution is -2.04. The largest absolute Gasteiger partial charge is 0.233 e. The molecule has 2 aromatic heterocycles. The van der Waals surface area contributed by atoms with Gasteiger partial charge in [-0.1, -0.05) is 11.6 Å². The first kappa shape index (κ1) is 17.0. The van der Waals surface area contributed by atoms with Crippen LogP contribution in [-0.2, 0) is 9.84 Å². The van der Waals surface area contributed by atoms with Crippen LogP contribution in [0.4, 0.5) is 0 Å². The van der Waals surface area contributed by atoms with Gasteiger partial charge in [-0.15, -0.1) is 11.8 Å². The Labute approximate surface area is 156 Å². The maximum atomic E-state index is 13.1. The SMILES string of the molecule is CSc1nn2c(Cl)cc(C)nc2c1S(=O)(=O)c1ccc(I)cc1. The number of fused-ring (bicyclic) bond motifs is 1. The minimum absolute atomic E-state index is 0.0943. The van der Waals surface area contributed by atoms with Gasteiger partial charge in [-0.25, -0.2) is 17.9 Å². The first-order chi connectivity index (χ1) is 10.8. The zero-order chi connectivity index (χ0) is 16.8. The van der Waals surface area contributed by atoms with Crippen LogP contribution >= 0.6 is 46.0 Å². The van der Waals surface area contributed by atoms with E-state index in [1.165, 1.54) is 16.3 Å². The molecule has 0 aliphatic rings. The monoisotopic (exact) mass is 479 g/mol. The van der Waals surface area contributed by atoms with E-state index >= 15 is 0 Å². The molecule has 120 valence electrons. The van der Waals surface area contributed by atoms with Crippen molar-refractivity contribution in [3.63, 3.8) is 0 Å². The zero-order valence-corrected chi connectivity index (χ0v) is 16.7. The highest BCUT2D eigenvalue weighted by Crippen LogP contribution is 2.33. The average Bonchev–Trinajstić information content (AvgIpc) is 2.87. The smallest absolute Gasteiger partial charge is 0.213 e. The van der Waals surface area contributed by atoms with Crippen LogP contribution in [0, 0.1) is 10.5 Å². The second kappa shape index (κ2) is 6.23. The van der Waals surface area contributed by atoms with Gasteiger partial charge in [-0.3, -0.25) is 0 Å². The predicted molar refractivity (Wildman–Crippen MR) is 99.1 cm³/mol. The second-order valence-electron chi connectivity index (χ2n) is 4.75. The Bertz CT molecular complexity index is 1000. The third-order valence-corrected chi connectivity index (χ3v) is 6.78. The molecular weight excluding hydrogens is 469 g/mol. The molecule has 3 aromatic rings. The molecule has 0 saturated heterocycles. The lowest BCUT2D eigenvalue weighted by atomic mass is 10.4. The summed E-state index contributed by atoms with van der Waals surface area (Å²) >= 11 is 9.56. The summed E-state index contributed by atoms with van der Waals surface area (Å²) in [5.74, 6) is 0. The molecule has 0 spiro atoms. The van der Waals surface area contributed by atoms with Gasteiger partial charge in [0.15, 0.2) is 10.5 Å². The molecule has 0 fully saturated rings. The number of aryl methyl sites for hydroxylation is 1. The summed E-state index contributed by atoms with van der Waals surface area (Å²) in [6, 6.07) is 8.32. The average molecular weight is 480 g/mol. The molecular formula is C14H11ClIN3O2S2. The van der Waals surface area contributed by atoms with Gasteiger partial charge in [0.25, 0.3) is 0 Å². The summed E-state index contributed by atoms with van der Waals surface area (Å²) in [6.45, 7) is 1.76. The quantitative estimate of drug-likeness (QED) is 0.324. The number of hydrogen-bond acceptors (Lipinski definition) is 5. The molecule has 0 radical (unpaired) electrons. The molecule has 5 nitrogen and oxygen atoms in total. The van der Waals surface area contributed by atoms with Crippen LogP contribution in [0.2, 0.25) is 5.15 Å². The number of aromatic nitrogens is 3. The molecule has 0 atom stereocenters. The van der Waals surface area contributed by atoms with Crippen molar-refractivity contribution in [2.45, 2.75) is 21.7 Å². The molecule has 2 heterocycles. The van der Waals surface area contributed by atoms with Gasteiger partial charge in [0.2, 0.25) is 9.84 Å². The Morgan fingerprint density at radius 3 is 2.52 bits per heavy atom.